The number of terminal acetylenes is 1. The smallest absolute Gasteiger partial charge is 0.256 e. The number of benzene rings is 1. The van der Waals surface area contributed by atoms with Crippen LogP contribution in [0, 0.1) is 12.3 Å². The predicted molar refractivity (Wildman–Crippen MR) is 148 cm³/mol. The van der Waals surface area contributed by atoms with Gasteiger partial charge in [0.2, 0.25) is 0 Å². The molecule has 1 aliphatic rings. The number of amides is 1. The number of imidazole rings is 1. The van der Waals surface area contributed by atoms with E-state index in [1.54, 1.807) is 37.7 Å². The Morgan fingerprint density at radius 1 is 1.18 bits per heavy atom. The first-order valence-electron chi connectivity index (χ1n) is 12.6. The maximum absolute atomic E-state index is 12.8. The van der Waals surface area contributed by atoms with Crippen LogP contribution in [0.4, 0.5) is 5.82 Å². The van der Waals surface area contributed by atoms with Gasteiger partial charge in [-0.1, -0.05) is 44.9 Å². The SMILES string of the molecule is C#CCNC[C@H]1O[C@@H](n2cnc3c(NC(=O)c4ccccc4)ncnc32)[C@H](OC)[C@@H]1O[Si](C)(C)C(C)(C)C. The zero-order chi connectivity index (χ0) is 27.5. The van der Waals surface area contributed by atoms with Crippen molar-refractivity contribution in [2.24, 2.45) is 0 Å². The van der Waals surface area contributed by atoms with Gasteiger partial charge in [-0.25, -0.2) is 15.0 Å². The summed E-state index contributed by atoms with van der Waals surface area (Å²) in [4.78, 5) is 26.0. The highest BCUT2D eigenvalue weighted by atomic mass is 28.4. The highest BCUT2D eigenvalue weighted by Crippen LogP contribution is 2.42. The molecule has 0 bridgehead atoms. The number of aromatic nitrogens is 4. The highest BCUT2D eigenvalue weighted by Gasteiger charge is 2.51. The number of hydrogen-bond donors (Lipinski definition) is 2. The van der Waals surface area contributed by atoms with E-state index in [2.05, 4.69) is 65.4 Å². The molecule has 4 rings (SSSR count). The quantitative estimate of drug-likeness (QED) is 0.242. The first-order chi connectivity index (χ1) is 18.1. The van der Waals surface area contributed by atoms with E-state index < -0.39 is 20.6 Å². The van der Waals surface area contributed by atoms with Gasteiger partial charge >= 0.3 is 0 Å². The average molecular weight is 537 g/mol. The summed E-state index contributed by atoms with van der Waals surface area (Å²) in [7, 11) is -0.518. The van der Waals surface area contributed by atoms with E-state index >= 15 is 0 Å². The van der Waals surface area contributed by atoms with Crippen molar-refractivity contribution in [2.75, 3.05) is 25.5 Å². The van der Waals surface area contributed by atoms with Gasteiger partial charge in [-0.2, -0.15) is 0 Å². The van der Waals surface area contributed by atoms with E-state index in [1.807, 2.05) is 10.6 Å². The molecule has 38 heavy (non-hydrogen) atoms. The Morgan fingerprint density at radius 2 is 1.92 bits per heavy atom. The van der Waals surface area contributed by atoms with Crippen LogP contribution in [0.5, 0.6) is 0 Å². The number of rotatable bonds is 9. The lowest BCUT2D eigenvalue weighted by atomic mass is 10.1. The Bertz CT molecular complexity index is 1300. The van der Waals surface area contributed by atoms with Gasteiger partial charge in [0.15, 0.2) is 31.5 Å². The van der Waals surface area contributed by atoms with E-state index in [1.165, 1.54) is 6.33 Å². The van der Waals surface area contributed by atoms with Crippen LogP contribution in [0.15, 0.2) is 43.0 Å². The summed E-state index contributed by atoms with van der Waals surface area (Å²) >= 11 is 0. The minimum Gasteiger partial charge on any atom is -0.408 e. The van der Waals surface area contributed by atoms with Crippen molar-refractivity contribution in [3.05, 3.63) is 48.5 Å². The summed E-state index contributed by atoms with van der Waals surface area (Å²) in [5, 5.41) is 6.09. The maximum atomic E-state index is 12.8. The summed E-state index contributed by atoms with van der Waals surface area (Å²) in [5.41, 5.74) is 1.48. The van der Waals surface area contributed by atoms with E-state index in [0.29, 0.717) is 35.6 Å². The Hall–Kier alpha value is -3.14. The molecule has 1 aliphatic heterocycles. The van der Waals surface area contributed by atoms with Gasteiger partial charge in [0.25, 0.3) is 5.91 Å². The van der Waals surface area contributed by atoms with Crippen molar-refractivity contribution < 1.29 is 18.7 Å². The molecule has 202 valence electrons. The van der Waals surface area contributed by atoms with Crippen LogP contribution in [-0.4, -0.2) is 72.3 Å². The minimum atomic E-state index is -2.17. The lowest BCUT2D eigenvalue weighted by Gasteiger charge is -2.40. The van der Waals surface area contributed by atoms with Crippen molar-refractivity contribution >= 4 is 31.2 Å². The lowest BCUT2D eigenvalue weighted by Crippen LogP contribution is -2.51. The monoisotopic (exact) mass is 536 g/mol. The Morgan fingerprint density at radius 3 is 2.58 bits per heavy atom. The first kappa shape index (κ1) is 27.9. The third kappa shape index (κ3) is 5.65. The number of nitrogens with zero attached hydrogens (tertiary/aromatic N) is 4. The van der Waals surface area contributed by atoms with Crippen molar-refractivity contribution in [1.82, 2.24) is 24.8 Å². The molecule has 0 aliphatic carbocycles. The van der Waals surface area contributed by atoms with Gasteiger partial charge < -0.3 is 24.5 Å². The van der Waals surface area contributed by atoms with Gasteiger partial charge in [0.1, 0.15) is 24.6 Å². The van der Waals surface area contributed by atoms with Crippen LogP contribution < -0.4 is 10.6 Å². The summed E-state index contributed by atoms with van der Waals surface area (Å²) in [6.45, 7) is 11.9. The largest absolute Gasteiger partial charge is 0.408 e. The Balaban J connectivity index is 1.66. The number of carbonyl (C=O) groups is 1. The van der Waals surface area contributed by atoms with Gasteiger partial charge in [0.05, 0.1) is 12.9 Å². The molecule has 1 saturated heterocycles. The topological polar surface area (TPSA) is 112 Å². The number of carbonyl (C=O) groups excluding carboxylic acids is 1. The third-order valence-corrected chi connectivity index (χ3v) is 11.7. The molecule has 4 atom stereocenters. The Labute approximate surface area is 224 Å². The fourth-order valence-electron chi connectivity index (χ4n) is 4.19. The van der Waals surface area contributed by atoms with E-state index in [-0.39, 0.29) is 23.2 Å². The van der Waals surface area contributed by atoms with Crippen LogP contribution in [0.1, 0.15) is 37.4 Å². The second-order valence-corrected chi connectivity index (χ2v) is 15.6. The summed E-state index contributed by atoms with van der Waals surface area (Å²) in [6.07, 6.45) is 6.83. The Kier molecular flexibility index (Phi) is 8.30. The molecule has 0 radical (unpaired) electrons. The van der Waals surface area contributed by atoms with Crippen LogP contribution in [0.25, 0.3) is 11.2 Å². The number of ether oxygens (including phenoxy) is 2. The van der Waals surface area contributed by atoms with Crippen molar-refractivity contribution in [3.8, 4) is 12.3 Å². The van der Waals surface area contributed by atoms with Gasteiger partial charge in [-0.05, 0) is 30.3 Å². The van der Waals surface area contributed by atoms with Crippen molar-refractivity contribution in [2.45, 2.75) is 63.4 Å². The molecule has 0 unspecified atom stereocenters. The molecule has 1 amide bonds. The molecule has 2 aromatic heterocycles. The maximum Gasteiger partial charge on any atom is 0.256 e. The van der Waals surface area contributed by atoms with E-state index in [4.69, 9.17) is 20.3 Å². The third-order valence-electron chi connectivity index (χ3n) is 7.27. The van der Waals surface area contributed by atoms with Gasteiger partial charge in [-0.3, -0.25) is 9.36 Å². The lowest BCUT2D eigenvalue weighted by molar-refractivity contribution is -0.0485. The second-order valence-electron chi connectivity index (χ2n) is 10.8. The van der Waals surface area contributed by atoms with Crippen LogP contribution in [0.2, 0.25) is 18.1 Å². The minimum absolute atomic E-state index is 0.000952. The fraction of sp³-hybridized carbons (Fsp3) is 0.481. The van der Waals surface area contributed by atoms with Crippen LogP contribution >= 0.6 is 0 Å². The van der Waals surface area contributed by atoms with Gasteiger partial charge in [-0.15, -0.1) is 6.42 Å². The number of methoxy groups -OCH3 is 1. The summed E-state index contributed by atoms with van der Waals surface area (Å²) in [6, 6.07) is 8.93. The number of anilines is 1. The zero-order valence-electron chi connectivity index (χ0n) is 22.8. The zero-order valence-corrected chi connectivity index (χ0v) is 23.8. The summed E-state index contributed by atoms with van der Waals surface area (Å²) < 4.78 is 21.2. The summed E-state index contributed by atoms with van der Waals surface area (Å²) in [5.74, 6) is 2.64. The number of hydrogen-bond acceptors (Lipinski definition) is 8. The molecular formula is C27H36N6O4Si. The highest BCUT2D eigenvalue weighted by molar-refractivity contribution is 6.74. The molecule has 10 nitrogen and oxygen atoms in total. The molecular weight excluding hydrogens is 500 g/mol. The fourth-order valence-corrected chi connectivity index (χ4v) is 5.51. The van der Waals surface area contributed by atoms with Crippen LogP contribution in [-0.2, 0) is 13.9 Å². The average Bonchev–Trinajstić information content (AvgIpc) is 3.45. The molecule has 0 spiro atoms. The molecule has 0 saturated carbocycles. The van der Waals surface area contributed by atoms with Gasteiger partial charge in [0, 0.05) is 19.2 Å². The molecule has 3 heterocycles. The first-order valence-corrected chi connectivity index (χ1v) is 15.5. The normalized spacial score (nSPS) is 21.9. The molecule has 3 aromatic rings. The van der Waals surface area contributed by atoms with Crippen molar-refractivity contribution in [1.29, 1.82) is 0 Å². The second kappa shape index (κ2) is 11.3. The number of nitrogens with one attached hydrogen (secondary N) is 2. The molecule has 1 fully saturated rings. The van der Waals surface area contributed by atoms with E-state index in [9.17, 15) is 4.79 Å². The molecule has 1 aromatic carbocycles. The van der Waals surface area contributed by atoms with Crippen LogP contribution in [0.3, 0.4) is 0 Å². The van der Waals surface area contributed by atoms with Crippen molar-refractivity contribution in [3.63, 3.8) is 0 Å². The number of fused-ring (bicyclic) bond motifs is 1. The predicted octanol–water partition coefficient (Wildman–Crippen LogP) is 3.60. The standard InChI is InChI=1S/C27H36N6O4Si/c1-8-14-28-15-19-21(37-38(6,7)27(2,3)4)22(35-5)26(36-19)33-17-31-20-23(29-16-30-24(20)33)32-25(34)18-12-10-9-11-13-18/h1,9-13,16-17,19,21-22,26,28H,14-15H2,2-7H3,(H,29,30,32,34)/t19-,21-,22-,26-/m1/s1. The van der Waals surface area contributed by atoms with E-state index in [0.717, 1.165) is 0 Å². The molecule has 11 heteroatoms. The molecule has 2 N–H and O–H groups in total.